The van der Waals surface area contributed by atoms with Crippen molar-refractivity contribution in [1.29, 1.82) is 0 Å². The molecule has 3 N–H and O–H groups in total. The Labute approximate surface area is 201 Å². The molecule has 1 aliphatic heterocycles. The summed E-state index contributed by atoms with van der Waals surface area (Å²) >= 11 is 0. The number of amides is 1. The van der Waals surface area contributed by atoms with E-state index in [2.05, 4.69) is 47.8 Å². The molecular weight excluding hydrogens is 410 g/mol. The maximum absolute atomic E-state index is 11.7. The number of allylic oxidation sites excluding steroid dienone is 12. The lowest BCUT2D eigenvalue weighted by Crippen LogP contribution is -2.46. The smallest absolute Gasteiger partial charge is 0.410 e. The van der Waals surface area contributed by atoms with Gasteiger partial charge in [0.2, 0.25) is 0 Å². The molecule has 0 spiro atoms. The summed E-state index contributed by atoms with van der Waals surface area (Å²) in [6.07, 6.45) is 22.9. The monoisotopic (exact) mass is 453 g/mol. The van der Waals surface area contributed by atoms with Crippen molar-refractivity contribution < 1.29 is 11.0 Å². The summed E-state index contributed by atoms with van der Waals surface area (Å²) in [7, 11) is 0. The topological polar surface area (TPSA) is 67.6 Å². The Morgan fingerprint density at radius 3 is 2.73 bits per heavy atom. The number of rotatable bonds is 4. The fourth-order valence-corrected chi connectivity index (χ4v) is 3.94. The summed E-state index contributed by atoms with van der Waals surface area (Å²) in [5.41, 5.74) is 10.5. The van der Waals surface area contributed by atoms with E-state index in [-0.39, 0.29) is 7.52 Å². The van der Waals surface area contributed by atoms with Gasteiger partial charge in [0.05, 0.1) is 0 Å². The average molecular weight is 454 g/mol. The highest BCUT2D eigenvalue weighted by Gasteiger charge is 2.39. The van der Waals surface area contributed by atoms with E-state index < -0.39 is 0 Å². The maximum Gasteiger partial charge on any atom is 0.410 e. The quantitative estimate of drug-likeness (QED) is 0.538. The van der Waals surface area contributed by atoms with Crippen molar-refractivity contribution in [2.24, 2.45) is 17.6 Å². The van der Waals surface area contributed by atoms with E-state index in [4.69, 9.17) is 10.5 Å². The van der Waals surface area contributed by atoms with Gasteiger partial charge >= 0.3 is 6.09 Å². The predicted molar refractivity (Wildman–Crippen MR) is 141 cm³/mol. The van der Waals surface area contributed by atoms with Crippen LogP contribution in [-0.2, 0) is 4.74 Å². The van der Waals surface area contributed by atoms with E-state index in [9.17, 15) is 4.79 Å². The van der Waals surface area contributed by atoms with Gasteiger partial charge in [-0.2, -0.15) is 0 Å². The Morgan fingerprint density at radius 2 is 2.03 bits per heavy atom. The highest BCUT2D eigenvalue weighted by molar-refractivity contribution is 5.68. The third-order valence-electron chi connectivity index (χ3n) is 5.75. The first-order chi connectivity index (χ1) is 16.1. The van der Waals surface area contributed by atoms with Crippen molar-refractivity contribution in [2.45, 2.75) is 40.5 Å². The van der Waals surface area contributed by atoms with Crippen LogP contribution in [0.3, 0.4) is 0 Å². The van der Waals surface area contributed by atoms with E-state index in [0.717, 1.165) is 55.7 Å². The van der Waals surface area contributed by atoms with Gasteiger partial charge in [-0.25, -0.2) is 4.79 Å². The third kappa shape index (κ3) is 8.58. The molecule has 0 bridgehead atoms. The zero-order valence-electron chi connectivity index (χ0n) is 20.7. The Morgan fingerprint density at radius 1 is 1.27 bits per heavy atom. The second-order valence-corrected chi connectivity index (χ2v) is 8.20. The molecule has 4 rings (SSSR count). The molecular formula is C28H43N3O2. The minimum Gasteiger partial charge on any atom is -0.445 e. The highest BCUT2D eigenvalue weighted by atomic mass is 16.6. The van der Waals surface area contributed by atoms with E-state index in [0.29, 0.717) is 6.61 Å². The summed E-state index contributed by atoms with van der Waals surface area (Å²) < 4.78 is 5.29. The molecule has 0 aromatic carbocycles. The van der Waals surface area contributed by atoms with E-state index in [1.807, 2.05) is 45.9 Å². The van der Waals surface area contributed by atoms with Crippen LogP contribution in [0.2, 0.25) is 0 Å². The summed E-state index contributed by atoms with van der Waals surface area (Å²) in [4.78, 5) is 13.5. The normalized spacial score (nSPS) is 23.6. The van der Waals surface area contributed by atoms with Crippen molar-refractivity contribution in [2.75, 3.05) is 32.8 Å². The van der Waals surface area contributed by atoms with Crippen LogP contribution in [0, 0.1) is 11.8 Å². The molecule has 0 aromatic heterocycles. The second-order valence-electron chi connectivity index (χ2n) is 8.20. The molecule has 182 valence electrons. The number of nitrogens with zero attached hydrogens (tertiary/aromatic N) is 1. The van der Waals surface area contributed by atoms with Gasteiger partial charge < -0.3 is 20.7 Å². The van der Waals surface area contributed by atoms with Crippen molar-refractivity contribution in [1.82, 2.24) is 10.2 Å². The first kappa shape index (κ1) is 26.5. The van der Waals surface area contributed by atoms with Gasteiger partial charge in [0, 0.05) is 33.3 Å². The largest absolute Gasteiger partial charge is 0.445 e. The van der Waals surface area contributed by atoms with Crippen molar-refractivity contribution >= 4 is 6.09 Å². The van der Waals surface area contributed by atoms with Crippen LogP contribution in [-0.4, -0.2) is 43.8 Å². The van der Waals surface area contributed by atoms with Crippen LogP contribution in [0.15, 0.2) is 83.2 Å². The average Bonchev–Trinajstić information content (AvgIpc) is 3.67. The fourth-order valence-electron chi connectivity index (χ4n) is 3.94. The van der Waals surface area contributed by atoms with E-state index in [1.54, 1.807) is 4.90 Å². The van der Waals surface area contributed by atoms with Crippen LogP contribution in [0.25, 0.3) is 0 Å². The molecule has 1 heterocycles. The number of carbonyl (C=O) groups excluding carboxylic acids is 1. The number of hydrogen-bond donors (Lipinski definition) is 2. The molecule has 0 radical (unpaired) electrons. The molecule has 2 unspecified atom stereocenters. The van der Waals surface area contributed by atoms with Crippen LogP contribution in [0.1, 0.15) is 42.0 Å². The van der Waals surface area contributed by atoms with Gasteiger partial charge in [0.25, 0.3) is 0 Å². The van der Waals surface area contributed by atoms with Gasteiger partial charge in [-0.3, -0.25) is 0 Å². The minimum atomic E-state index is -0.210. The van der Waals surface area contributed by atoms with Gasteiger partial charge in [-0.05, 0) is 55.2 Å². The molecule has 1 saturated carbocycles. The lowest BCUT2D eigenvalue weighted by Gasteiger charge is -2.26. The van der Waals surface area contributed by atoms with Crippen molar-refractivity contribution in [3.8, 4) is 0 Å². The summed E-state index contributed by atoms with van der Waals surface area (Å²) in [6, 6.07) is 0. The van der Waals surface area contributed by atoms with Crippen LogP contribution in [0.4, 0.5) is 4.79 Å². The molecule has 1 amide bonds. The molecule has 2 fully saturated rings. The van der Waals surface area contributed by atoms with Crippen molar-refractivity contribution in [3.63, 3.8) is 0 Å². The lowest BCUT2D eigenvalue weighted by atomic mass is 9.95. The van der Waals surface area contributed by atoms with Crippen LogP contribution < -0.4 is 11.1 Å². The third-order valence-corrected chi connectivity index (χ3v) is 5.75. The molecule has 1 saturated heterocycles. The van der Waals surface area contributed by atoms with Crippen molar-refractivity contribution in [3.05, 3.63) is 83.2 Å². The van der Waals surface area contributed by atoms with Gasteiger partial charge in [0.1, 0.15) is 6.61 Å². The Hall–Kier alpha value is -2.79. The SMILES string of the molecule is C/C=C\C(C1=CC=CC2CC12)=C(\C)N.CC.O=C(OCC1=CCC=CC=C1)N1CCNCC1.[HH]. The molecule has 4 aliphatic rings. The lowest BCUT2D eigenvalue weighted by molar-refractivity contribution is 0.106. The molecule has 33 heavy (non-hydrogen) atoms. The summed E-state index contributed by atoms with van der Waals surface area (Å²) in [5, 5.41) is 3.20. The molecule has 0 aromatic rings. The van der Waals surface area contributed by atoms with Gasteiger partial charge in [-0.15, -0.1) is 0 Å². The second kappa shape index (κ2) is 14.4. The number of piperazine rings is 1. The highest BCUT2D eigenvalue weighted by Crippen LogP contribution is 2.50. The Balaban J connectivity index is 0.000000313. The zero-order valence-corrected chi connectivity index (χ0v) is 20.7. The molecule has 2 atom stereocenters. The fraction of sp³-hybridized carbons (Fsp3) is 0.464. The maximum atomic E-state index is 11.7. The predicted octanol–water partition coefficient (Wildman–Crippen LogP) is 5.67. The first-order valence-corrected chi connectivity index (χ1v) is 12.2. The number of carbonyl (C=O) groups is 1. The number of ether oxygens (including phenoxy) is 1. The Bertz CT molecular complexity index is 855. The number of fused-ring (bicyclic) bond motifs is 1. The molecule has 5 heteroatoms. The number of nitrogens with two attached hydrogens (primary N) is 1. The zero-order chi connectivity index (χ0) is 24.1. The first-order valence-electron chi connectivity index (χ1n) is 12.2. The summed E-state index contributed by atoms with van der Waals surface area (Å²) in [6.45, 7) is 11.5. The minimum absolute atomic E-state index is 0. The number of nitrogens with one attached hydrogen (secondary N) is 1. The van der Waals surface area contributed by atoms with E-state index in [1.165, 1.54) is 17.6 Å². The number of hydrogen-bond acceptors (Lipinski definition) is 4. The van der Waals surface area contributed by atoms with Crippen LogP contribution in [0.5, 0.6) is 0 Å². The standard InChI is InChI=1S/C13H18N2O2.C13H17N.C2H6.H2/c16-13(15-9-7-14-8-10-15)17-11-12-5-3-1-2-4-6-12;1-3-5-11(9(2)14)12-7-4-6-10-8-13(10)12;1-2;/h1-3,5-6,14H,4,7-11H2;3-7,10,13H,8,14H2,1-2H3;1-2H3;1H/b;5-3-,11-9+;;. The Kier molecular flexibility index (Phi) is 11.5. The molecule has 5 nitrogen and oxygen atoms in total. The van der Waals surface area contributed by atoms with Gasteiger partial charge in [-0.1, -0.05) is 74.6 Å². The van der Waals surface area contributed by atoms with Crippen LogP contribution >= 0.6 is 0 Å². The summed E-state index contributed by atoms with van der Waals surface area (Å²) in [5.74, 6) is 1.53. The molecule has 3 aliphatic carbocycles. The van der Waals surface area contributed by atoms with Gasteiger partial charge in [0.15, 0.2) is 0 Å². The van der Waals surface area contributed by atoms with E-state index >= 15 is 0 Å².